The number of hydrogen-bond donors (Lipinski definition) is 0. The third-order valence-corrected chi connectivity index (χ3v) is 3.99. The average molecular weight is 327 g/mol. The molecule has 0 aliphatic heterocycles. The van der Waals surface area contributed by atoms with E-state index in [0.29, 0.717) is 6.54 Å². The summed E-state index contributed by atoms with van der Waals surface area (Å²) in [5.41, 5.74) is 2.83. The average Bonchev–Trinajstić information content (AvgIpc) is 2.68. The Morgan fingerprint density at radius 3 is 2.48 bits per heavy atom. The zero-order chi connectivity index (χ0) is 17.1. The van der Waals surface area contributed by atoms with E-state index in [4.69, 9.17) is 9.97 Å². The second-order valence-electron chi connectivity index (χ2n) is 5.81. The Morgan fingerprint density at radius 1 is 0.880 bits per heavy atom. The van der Waals surface area contributed by atoms with Crippen molar-refractivity contribution in [3.8, 4) is 11.4 Å². The first-order valence-corrected chi connectivity index (χ1v) is 8.09. The van der Waals surface area contributed by atoms with E-state index in [9.17, 15) is 0 Å². The number of anilines is 1. The molecule has 0 saturated carbocycles. The van der Waals surface area contributed by atoms with Crippen LogP contribution in [-0.2, 0) is 6.54 Å². The first-order chi connectivity index (χ1) is 12.3. The van der Waals surface area contributed by atoms with Crippen LogP contribution in [0.1, 0.15) is 5.69 Å². The molecule has 0 bridgehead atoms. The minimum absolute atomic E-state index is 0.628. The number of benzene rings is 2. The molecule has 0 atom stereocenters. The Bertz CT molecular complexity index is 987. The second-order valence-corrected chi connectivity index (χ2v) is 5.81. The van der Waals surface area contributed by atoms with Gasteiger partial charge >= 0.3 is 0 Å². The van der Waals surface area contributed by atoms with Gasteiger partial charge in [0, 0.05) is 30.4 Å². The van der Waals surface area contributed by atoms with Crippen LogP contribution in [0.5, 0.6) is 0 Å². The van der Waals surface area contributed by atoms with Crippen molar-refractivity contribution in [1.29, 1.82) is 0 Å². The van der Waals surface area contributed by atoms with Gasteiger partial charge in [0.2, 0.25) is 0 Å². The monoisotopic (exact) mass is 327 g/mol. The molecule has 2 aromatic heterocycles. The van der Waals surface area contributed by atoms with Crippen molar-refractivity contribution in [2.24, 2.45) is 0 Å². The zero-order valence-corrected chi connectivity index (χ0v) is 13.9. The molecule has 0 aliphatic carbocycles. The molecule has 25 heavy (non-hydrogen) atoms. The van der Waals surface area contributed by atoms with Crippen molar-refractivity contribution < 1.29 is 0 Å². The van der Waals surface area contributed by atoms with E-state index in [1.807, 2.05) is 61.6 Å². The fourth-order valence-corrected chi connectivity index (χ4v) is 2.80. The van der Waals surface area contributed by atoms with E-state index in [1.165, 1.54) is 0 Å². The van der Waals surface area contributed by atoms with Crippen molar-refractivity contribution in [3.63, 3.8) is 0 Å². The van der Waals surface area contributed by atoms with E-state index in [-0.39, 0.29) is 0 Å². The first kappa shape index (κ1) is 15.2. The quantitative estimate of drug-likeness (QED) is 0.572. The lowest BCUT2D eigenvalue weighted by molar-refractivity contribution is 0.859. The van der Waals surface area contributed by atoms with E-state index < -0.39 is 0 Å². The van der Waals surface area contributed by atoms with Crippen molar-refractivity contribution in [2.75, 3.05) is 11.9 Å². The summed E-state index contributed by atoms with van der Waals surface area (Å²) in [5, 5.41) is 1.02. The van der Waals surface area contributed by atoms with Gasteiger partial charge in [-0.05, 0) is 12.1 Å². The molecule has 5 nitrogen and oxygen atoms in total. The highest BCUT2D eigenvalue weighted by molar-refractivity contribution is 5.90. The molecule has 2 heterocycles. The van der Waals surface area contributed by atoms with Crippen LogP contribution < -0.4 is 4.90 Å². The molecule has 0 N–H and O–H groups in total. The minimum atomic E-state index is 0.628. The Labute approximate surface area is 146 Å². The topological polar surface area (TPSA) is 54.8 Å². The lowest BCUT2D eigenvalue weighted by atomic mass is 10.1. The van der Waals surface area contributed by atoms with Crippen molar-refractivity contribution in [2.45, 2.75) is 6.54 Å². The van der Waals surface area contributed by atoms with Crippen LogP contribution in [-0.4, -0.2) is 27.0 Å². The van der Waals surface area contributed by atoms with Gasteiger partial charge in [-0.1, -0.05) is 42.5 Å². The molecule has 4 rings (SSSR count). The van der Waals surface area contributed by atoms with Crippen LogP contribution in [0.3, 0.4) is 0 Å². The van der Waals surface area contributed by atoms with Crippen LogP contribution in [0.15, 0.2) is 73.2 Å². The molecule has 0 radical (unpaired) electrons. The molecule has 0 amide bonds. The molecule has 0 aliphatic rings. The van der Waals surface area contributed by atoms with Gasteiger partial charge in [-0.3, -0.25) is 9.97 Å². The normalized spacial score (nSPS) is 10.8. The minimum Gasteiger partial charge on any atom is -0.353 e. The molecule has 0 spiro atoms. The van der Waals surface area contributed by atoms with Crippen molar-refractivity contribution in [1.82, 2.24) is 19.9 Å². The number of para-hydroxylation sites is 1. The standard InChI is InChI=1S/C20H17N5/c1-25(14-16-13-21-11-12-22-16)20-17-9-5-6-10-18(17)23-19(24-20)15-7-3-2-4-8-15/h2-13H,14H2,1H3. The summed E-state index contributed by atoms with van der Waals surface area (Å²) in [7, 11) is 2.01. The molecule has 0 fully saturated rings. The van der Waals surface area contributed by atoms with E-state index >= 15 is 0 Å². The highest BCUT2D eigenvalue weighted by Gasteiger charge is 2.13. The summed E-state index contributed by atoms with van der Waals surface area (Å²) in [6.07, 6.45) is 5.16. The van der Waals surface area contributed by atoms with Crippen LogP contribution in [0.25, 0.3) is 22.3 Å². The molecule has 5 heteroatoms. The van der Waals surface area contributed by atoms with Gasteiger partial charge in [-0.25, -0.2) is 9.97 Å². The van der Waals surface area contributed by atoms with Crippen molar-refractivity contribution >= 4 is 16.7 Å². The summed E-state index contributed by atoms with van der Waals surface area (Å²) in [6, 6.07) is 18.1. The van der Waals surface area contributed by atoms with E-state index in [2.05, 4.69) is 14.9 Å². The Balaban J connectivity index is 1.81. The van der Waals surface area contributed by atoms with Crippen molar-refractivity contribution in [3.05, 3.63) is 78.9 Å². The predicted molar refractivity (Wildman–Crippen MR) is 99.1 cm³/mol. The summed E-state index contributed by atoms with van der Waals surface area (Å²) in [6.45, 7) is 0.628. The van der Waals surface area contributed by atoms with Gasteiger partial charge in [0.25, 0.3) is 0 Å². The fraction of sp³-hybridized carbons (Fsp3) is 0.100. The highest BCUT2D eigenvalue weighted by Crippen LogP contribution is 2.27. The van der Waals surface area contributed by atoms with E-state index in [1.54, 1.807) is 18.6 Å². The lowest BCUT2D eigenvalue weighted by Crippen LogP contribution is -2.19. The lowest BCUT2D eigenvalue weighted by Gasteiger charge is -2.20. The summed E-state index contributed by atoms with van der Waals surface area (Å²) < 4.78 is 0. The van der Waals surface area contributed by atoms with Gasteiger partial charge in [-0.15, -0.1) is 0 Å². The maximum Gasteiger partial charge on any atom is 0.162 e. The number of fused-ring (bicyclic) bond motifs is 1. The zero-order valence-electron chi connectivity index (χ0n) is 13.9. The molecule has 0 unspecified atom stereocenters. The molecule has 122 valence electrons. The Hall–Kier alpha value is -3.34. The number of aromatic nitrogens is 4. The van der Waals surface area contributed by atoms with Gasteiger partial charge in [0.05, 0.1) is 24.0 Å². The van der Waals surface area contributed by atoms with E-state index in [0.717, 1.165) is 33.8 Å². The number of hydrogen-bond acceptors (Lipinski definition) is 5. The largest absolute Gasteiger partial charge is 0.353 e. The van der Waals surface area contributed by atoms with Crippen LogP contribution >= 0.6 is 0 Å². The predicted octanol–water partition coefficient (Wildman–Crippen LogP) is 3.72. The Morgan fingerprint density at radius 2 is 1.68 bits per heavy atom. The molecule has 0 saturated heterocycles. The van der Waals surface area contributed by atoms with Gasteiger partial charge in [-0.2, -0.15) is 0 Å². The molecule has 2 aromatic carbocycles. The van der Waals surface area contributed by atoms with Crippen LogP contribution in [0.2, 0.25) is 0 Å². The maximum absolute atomic E-state index is 4.83. The van der Waals surface area contributed by atoms with Crippen LogP contribution in [0, 0.1) is 0 Å². The smallest absolute Gasteiger partial charge is 0.162 e. The summed E-state index contributed by atoms with van der Waals surface area (Å²) >= 11 is 0. The Kier molecular flexibility index (Phi) is 4.04. The molecule has 4 aromatic rings. The number of rotatable bonds is 4. The second kappa shape index (κ2) is 6.65. The summed E-state index contributed by atoms with van der Waals surface area (Å²) in [5.74, 6) is 1.61. The SMILES string of the molecule is CN(Cc1cnccn1)c1nc(-c2ccccc2)nc2ccccc12. The van der Waals surface area contributed by atoms with Gasteiger partial charge in [0.1, 0.15) is 5.82 Å². The van der Waals surface area contributed by atoms with Gasteiger partial charge < -0.3 is 4.90 Å². The number of nitrogens with zero attached hydrogens (tertiary/aromatic N) is 5. The van der Waals surface area contributed by atoms with Gasteiger partial charge in [0.15, 0.2) is 5.82 Å². The summed E-state index contributed by atoms with van der Waals surface area (Å²) in [4.78, 5) is 20.1. The first-order valence-electron chi connectivity index (χ1n) is 8.09. The fourth-order valence-electron chi connectivity index (χ4n) is 2.80. The molecular formula is C20H17N5. The third kappa shape index (κ3) is 3.17. The maximum atomic E-state index is 4.83. The molecular weight excluding hydrogens is 310 g/mol. The highest BCUT2D eigenvalue weighted by atomic mass is 15.2. The third-order valence-electron chi connectivity index (χ3n) is 3.99. The van der Waals surface area contributed by atoms with Crippen LogP contribution in [0.4, 0.5) is 5.82 Å².